The van der Waals surface area contributed by atoms with E-state index in [1.165, 1.54) is 31.7 Å². The Morgan fingerprint density at radius 1 is 0.854 bits per heavy atom. The Balaban J connectivity index is 1.75. The second kappa shape index (κ2) is 14.2. The number of aromatic nitrogens is 2. The molecule has 0 N–H and O–H groups in total. The van der Waals surface area contributed by atoms with Crippen LogP contribution in [-0.4, -0.2) is 35.3 Å². The number of ether oxygens (including phenoxy) is 1. The third-order valence-electron chi connectivity index (χ3n) is 8.24. The summed E-state index contributed by atoms with van der Waals surface area (Å²) in [7, 11) is 0. The number of halogens is 9. The Bertz CT molecular complexity index is 1540. The zero-order chi connectivity index (χ0) is 35.6. The summed E-state index contributed by atoms with van der Waals surface area (Å²) in [5, 5.41) is 3.78. The molecule has 0 aliphatic heterocycles. The molecule has 2 aromatic carbocycles. The lowest BCUT2D eigenvalue weighted by molar-refractivity contribution is -0.148. The summed E-state index contributed by atoms with van der Waals surface area (Å²) in [6.07, 6.45) is -12.5. The van der Waals surface area contributed by atoms with Crippen molar-refractivity contribution in [2.45, 2.75) is 91.1 Å². The molecule has 0 bridgehead atoms. The van der Waals surface area contributed by atoms with E-state index in [4.69, 9.17) is 9.26 Å². The zero-order valence-electron chi connectivity index (χ0n) is 26.6. The van der Waals surface area contributed by atoms with Crippen molar-refractivity contribution in [1.29, 1.82) is 0 Å². The first kappa shape index (κ1) is 36.8. The predicted octanol–water partition coefficient (Wildman–Crippen LogP) is 8.90. The van der Waals surface area contributed by atoms with Gasteiger partial charge in [-0.1, -0.05) is 0 Å². The molecule has 0 spiro atoms. The van der Waals surface area contributed by atoms with E-state index in [0.717, 1.165) is 6.07 Å². The highest BCUT2D eigenvalue weighted by Gasteiger charge is 2.38. The Morgan fingerprint density at radius 2 is 1.46 bits per heavy atom. The van der Waals surface area contributed by atoms with E-state index in [1.54, 1.807) is 0 Å². The number of aryl methyl sites for hydroxylation is 2. The minimum Gasteiger partial charge on any atom is -0.463 e. The molecule has 1 fully saturated rings. The fourth-order valence-corrected chi connectivity index (χ4v) is 5.99. The highest BCUT2D eigenvalue weighted by molar-refractivity contribution is 5.66. The lowest BCUT2D eigenvalue weighted by Crippen LogP contribution is -2.34. The van der Waals surface area contributed by atoms with Crippen LogP contribution in [0.2, 0.25) is 0 Å². The van der Waals surface area contributed by atoms with Crippen LogP contribution in [0.15, 0.2) is 34.9 Å². The van der Waals surface area contributed by atoms with Crippen molar-refractivity contribution in [3.63, 3.8) is 0 Å². The topological polar surface area (TPSA) is 71.7 Å². The van der Waals surface area contributed by atoms with Gasteiger partial charge in [0.25, 0.3) is 5.95 Å². The molecule has 1 aliphatic rings. The molecular weight excluding hydrogens is 659 g/mol. The van der Waals surface area contributed by atoms with Gasteiger partial charge in [0, 0.05) is 45.7 Å². The Labute approximate surface area is 271 Å². The molecule has 0 radical (unpaired) electrons. The average molecular weight is 695 g/mol. The van der Waals surface area contributed by atoms with Crippen molar-refractivity contribution in [3.05, 3.63) is 69.6 Å². The number of hydrogen-bond donors (Lipinski definition) is 0. The fourth-order valence-electron chi connectivity index (χ4n) is 5.99. The van der Waals surface area contributed by atoms with E-state index in [1.807, 2.05) is 11.8 Å². The van der Waals surface area contributed by atoms with Crippen LogP contribution in [0.4, 0.5) is 51.1 Å². The number of alkyl halides is 9. The summed E-state index contributed by atoms with van der Waals surface area (Å²) < 4.78 is 135. The van der Waals surface area contributed by atoms with Gasteiger partial charge < -0.3 is 19.1 Å². The maximum Gasteiger partial charge on any atom is 0.416 e. The van der Waals surface area contributed by atoms with Crippen LogP contribution in [0.1, 0.15) is 78.8 Å². The Kier molecular flexibility index (Phi) is 10.9. The number of carbonyl (C=O) groups is 1. The number of esters is 1. The van der Waals surface area contributed by atoms with E-state index in [2.05, 4.69) is 10.1 Å². The van der Waals surface area contributed by atoms with Gasteiger partial charge in [-0.25, -0.2) is 0 Å². The molecule has 0 saturated heterocycles. The van der Waals surface area contributed by atoms with Crippen LogP contribution in [0.5, 0.6) is 0 Å². The Hall–Kier alpha value is -3.98. The number of anilines is 2. The van der Waals surface area contributed by atoms with Crippen LogP contribution in [0.25, 0.3) is 0 Å². The molecule has 0 unspecified atom stereocenters. The molecule has 1 aliphatic carbocycles. The standard InChI is InChI=1S/C32H35F9N4O3/c1-5-44(15-21-6-8-26(9-7-21)47-20(4)46)28-10-18(2)27(32(39,40)41)13-23(28)17-45(29-42-19(3)48-43-29)16-22-11-24(30(33,34)35)14-25(12-22)31(36,37)38/h10-14,21,26H,5-9,15-17H2,1-4H3. The molecule has 1 saturated carbocycles. The van der Waals surface area contributed by atoms with Crippen molar-refractivity contribution in [1.82, 2.24) is 10.1 Å². The van der Waals surface area contributed by atoms with Crippen LogP contribution in [0.3, 0.4) is 0 Å². The lowest BCUT2D eigenvalue weighted by Gasteiger charge is -2.35. The van der Waals surface area contributed by atoms with Crippen LogP contribution in [-0.2, 0) is 41.1 Å². The zero-order valence-corrected chi connectivity index (χ0v) is 26.6. The lowest BCUT2D eigenvalue weighted by atomic mass is 9.86. The first-order chi connectivity index (χ1) is 22.2. The summed E-state index contributed by atoms with van der Waals surface area (Å²) in [6, 6.07) is 3.43. The molecule has 7 nitrogen and oxygen atoms in total. The monoisotopic (exact) mass is 694 g/mol. The van der Waals surface area contributed by atoms with E-state index in [0.29, 0.717) is 56.6 Å². The maximum absolute atomic E-state index is 14.2. The minimum atomic E-state index is -5.10. The molecule has 0 atom stereocenters. The van der Waals surface area contributed by atoms with Crippen molar-refractivity contribution in [3.8, 4) is 0 Å². The van der Waals surface area contributed by atoms with E-state index < -0.39 is 53.9 Å². The van der Waals surface area contributed by atoms with Crippen LogP contribution < -0.4 is 9.80 Å². The van der Waals surface area contributed by atoms with Gasteiger partial charge in [-0.05, 0) is 97.6 Å². The first-order valence-electron chi connectivity index (χ1n) is 15.2. The fraction of sp³-hybridized carbons (Fsp3) is 0.531. The number of rotatable bonds is 10. The third-order valence-corrected chi connectivity index (χ3v) is 8.24. The Morgan fingerprint density at radius 3 is 1.94 bits per heavy atom. The van der Waals surface area contributed by atoms with Gasteiger partial charge in [0.1, 0.15) is 6.10 Å². The van der Waals surface area contributed by atoms with Gasteiger partial charge in [0.2, 0.25) is 5.89 Å². The van der Waals surface area contributed by atoms with Gasteiger partial charge in [-0.2, -0.15) is 44.5 Å². The van der Waals surface area contributed by atoms with E-state index in [-0.39, 0.29) is 47.0 Å². The van der Waals surface area contributed by atoms with Gasteiger partial charge in [-0.15, -0.1) is 0 Å². The molecule has 4 rings (SSSR count). The normalized spacial score (nSPS) is 17.4. The molecule has 3 aromatic rings. The molecule has 16 heteroatoms. The van der Waals surface area contributed by atoms with Crippen molar-refractivity contribution in [2.75, 3.05) is 22.9 Å². The van der Waals surface area contributed by atoms with Gasteiger partial charge in [0.15, 0.2) is 0 Å². The van der Waals surface area contributed by atoms with E-state index in [9.17, 15) is 44.3 Å². The molecule has 264 valence electrons. The smallest absolute Gasteiger partial charge is 0.416 e. The van der Waals surface area contributed by atoms with Crippen molar-refractivity contribution >= 4 is 17.6 Å². The third kappa shape index (κ3) is 9.34. The van der Waals surface area contributed by atoms with Crippen molar-refractivity contribution in [2.24, 2.45) is 5.92 Å². The number of benzene rings is 2. The summed E-state index contributed by atoms with van der Waals surface area (Å²) in [5.74, 6) is -0.464. The maximum atomic E-state index is 14.2. The minimum absolute atomic E-state index is 0.00113. The molecule has 0 amide bonds. The second-order valence-electron chi connectivity index (χ2n) is 12.0. The van der Waals surface area contributed by atoms with Gasteiger partial charge in [0.05, 0.1) is 16.7 Å². The summed E-state index contributed by atoms with van der Waals surface area (Å²) in [4.78, 5) is 18.5. The quantitative estimate of drug-likeness (QED) is 0.155. The first-order valence-corrected chi connectivity index (χ1v) is 15.2. The second-order valence-corrected chi connectivity index (χ2v) is 12.0. The van der Waals surface area contributed by atoms with Gasteiger partial charge >= 0.3 is 24.5 Å². The summed E-state index contributed by atoms with van der Waals surface area (Å²) in [6.45, 7) is 5.68. The van der Waals surface area contributed by atoms with Crippen LogP contribution in [0, 0.1) is 19.8 Å². The SMILES string of the molecule is CCN(CC1CCC(OC(C)=O)CC1)c1cc(C)c(C(F)(F)F)cc1CN(Cc1cc(C(F)(F)F)cc(C(F)(F)F)c1)c1noc(C)n1. The number of carbonyl (C=O) groups excluding carboxylic acids is 1. The summed E-state index contributed by atoms with van der Waals surface area (Å²) >= 11 is 0. The molecule has 1 aromatic heterocycles. The highest BCUT2D eigenvalue weighted by Crippen LogP contribution is 2.39. The molecule has 48 heavy (non-hydrogen) atoms. The summed E-state index contributed by atoms with van der Waals surface area (Å²) in [5.41, 5.74) is -3.97. The number of nitrogens with zero attached hydrogens (tertiary/aromatic N) is 4. The molecular formula is C32H35F9N4O3. The highest BCUT2D eigenvalue weighted by atomic mass is 19.4. The predicted molar refractivity (Wildman–Crippen MR) is 157 cm³/mol. The number of hydrogen-bond acceptors (Lipinski definition) is 7. The largest absolute Gasteiger partial charge is 0.463 e. The van der Waals surface area contributed by atoms with E-state index >= 15 is 0 Å². The van der Waals surface area contributed by atoms with Crippen molar-refractivity contribution < 1.29 is 53.6 Å². The molecule has 1 heterocycles. The van der Waals surface area contributed by atoms with Crippen LogP contribution >= 0.6 is 0 Å². The average Bonchev–Trinajstić information content (AvgIpc) is 3.41. The van der Waals surface area contributed by atoms with Gasteiger partial charge in [-0.3, -0.25) is 4.79 Å².